The van der Waals surface area contributed by atoms with E-state index in [1.165, 1.54) is 58.5 Å². The fraction of sp³-hybridized carbons (Fsp3) is 1.00. The number of hydrogen-bond donors (Lipinski definition) is 3. The number of methoxy groups -OCH3 is 1. The average Bonchev–Trinajstić information content (AvgIpc) is 2.66. The monoisotopic (exact) mass is 378 g/mol. The number of aliphatic hydroxyl groups excluding tert-OH is 3. The molecule has 0 bridgehead atoms. The standard InChI is InChI=1S/C20H42O6/c1-4-5-6-7-8-9-10-11-12-13-14-25-17(2)19(16-22)26-20(24-3)18(23)15-21/h17-23H,4-16H2,1-3H3/t17-,18-,19?,20+/m1/s1. The Morgan fingerprint density at radius 3 is 1.81 bits per heavy atom. The Kier molecular flexibility index (Phi) is 18.0. The fourth-order valence-electron chi connectivity index (χ4n) is 2.83. The summed E-state index contributed by atoms with van der Waals surface area (Å²) in [5, 5.41) is 28.0. The molecule has 6 heteroatoms. The van der Waals surface area contributed by atoms with Crippen molar-refractivity contribution in [2.45, 2.75) is 103 Å². The van der Waals surface area contributed by atoms with Crippen LogP contribution in [0, 0.1) is 0 Å². The molecular weight excluding hydrogens is 336 g/mol. The second-order valence-electron chi connectivity index (χ2n) is 6.97. The van der Waals surface area contributed by atoms with Crippen molar-refractivity contribution in [1.29, 1.82) is 0 Å². The topological polar surface area (TPSA) is 88.4 Å². The van der Waals surface area contributed by atoms with Crippen LogP contribution in [-0.2, 0) is 14.2 Å². The van der Waals surface area contributed by atoms with Crippen LogP contribution in [-0.4, -0.2) is 66.9 Å². The Morgan fingerprint density at radius 1 is 0.808 bits per heavy atom. The summed E-state index contributed by atoms with van der Waals surface area (Å²) in [6, 6.07) is 0. The van der Waals surface area contributed by atoms with E-state index in [4.69, 9.17) is 19.3 Å². The van der Waals surface area contributed by atoms with Gasteiger partial charge in [0.25, 0.3) is 0 Å². The predicted molar refractivity (Wildman–Crippen MR) is 103 cm³/mol. The Labute approximate surface area is 159 Å². The summed E-state index contributed by atoms with van der Waals surface area (Å²) >= 11 is 0. The van der Waals surface area contributed by atoms with E-state index in [0.717, 1.165) is 12.8 Å². The van der Waals surface area contributed by atoms with E-state index in [9.17, 15) is 10.2 Å². The van der Waals surface area contributed by atoms with Gasteiger partial charge in [0.2, 0.25) is 0 Å². The minimum Gasteiger partial charge on any atom is -0.394 e. The van der Waals surface area contributed by atoms with Crippen molar-refractivity contribution in [3.05, 3.63) is 0 Å². The minimum atomic E-state index is -1.15. The Hall–Kier alpha value is -0.240. The molecule has 0 spiro atoms. The molecule has 4 atom stereocenters. The number of ether oxygens (including phenoxy) is 3. The van der Waals surface area contributed by atoms with E-state index in [-0.39, 0.29) is 12.7 Å². The van der Waals surface area contributed by atoms with Crippen LogP contribution in [0.3, 0.4) is 0 Å². The summed E-state index contributed by atoms with van der Waals surface area (Å²) < 4.78 is 16.2. The van der Waals surface area contributed by atoms with Gasteiger partial charge in [-0.3, -0.25) is 0 Å². The largest absolute Gasteiger partial charge is 0.394 e. The highest BCUT2D eigenvalue weighted by molar-refractivity contribution is 4.69. The average molecular weight is 379 g/mol. The van der Waals surface area contributed by atoms with E-state index in [1.807, 2.05) is 6.92 Å². The number of unbranched alkanes of at least 4 members (excludes halogenated alkanes) is 9. The Balaban J connectivity index is 3.73. The highest BCUT2D eigenvalue weighted by Gasteiger charge is 2.26. The third-order valence-corrected chi connectivity index (χ3v) is 4.62. The van der Waals surface area contributed by atoms with E-state index in [1.54, 1.807) is 0 Å². The lowest BCUT2D eigenvalue weighted by Gasteiger charge is -2.29. The molecule has 1 unspecified atom stereocenters. The maximum Gasteiger partial charge on any atom is 0.185 e. The Morgan fingerprint density at radius 2 is 1.35 bits per heavy atom. The van der Waals surface area contributed by atoms with Crippen LogP contribution >= 0.6 is 0 Å². The summed E-state index contributed by atoms with van der Waals surface area (Å²) in [6.07, 6.45) is 9.68. The smallest absolute Gasteiger partial charge is 0.185 e. The highest BCUT2D eigenvalue weighted by Crippen LogP contribution is 2.13. The minimum absolute atomic E-state index is 0.239. The lowest BCUT2D eigenvalue weighted by Crippen LogP contribution is -2.42. The van der Waals surface area contributed by atoms with Crippen molar-refractivity contribution >= 4 is 0 Å². The summed E-state index contributed by atoms with van der Waals surface area (Å²) in [6.45, 7) is 3.99. The molecule has 0 aliphatic rings. The normalized spacial score (nSPS) is 16.4. The summed E-state index contributed by atoms with van der Waals surface area (Å²) in [4.78, 5) is 0. The van der Waals surface area contributed by atoms with Gasteiger partial charge in [-0.05, 0) is 13.3 Å². The van der Waals surface area contributed by atoms with E-state index in [0.29, 0.717) is 6.61 Å². The molecule has 0 heterocycles. The zero-order valence-electron chi connectivity index (χ0n) is 17.1. The lowest BCUT2D eigenvalue weighted by atomic mass is 10.1. The molecule has 0 fully saturated rings. The lowest BCUT2D eigenvalue weighted by molar-refractivity contribution is -0.234. The maximum atomic E-state index is 9.60. The van der Waals surface area contributed by atoms with Crippen LogP contribution in [0.1, 0.15) is 78.1 Å². The molecule has 0 radical (unpaired) electrons. The van der Waals surface area contributed by atoms with Crippen LogP contribution < -0.4 is 0 Å². The van der Waals surface area contributed by atoms with E-state index in [2.05, 4.69) is 6.92 Å². The molecule has 6 nitrogen and oxygen atoms in total. The molecule has 0 aliphatic carbocycles. The van der Waals surface area contributed by atoms with Gasteiger partial charge in [0.15, 0.2) is 6.29 Å². The van der Waals surface area contributed by atoms with Crippen molar-refractivity contribution in [3.63, 3.8) is 0 Å². The summed E-state index contributed by atoms with van der Waals surface area (Å²) in [5.41, 5.74) is 0. The molecule has 158 valence electrons. The molecule has 0 amide bonds. The fourth-order valence-corrected chi connectivity index (χ4v) is 2.83. The maximum absolute atomic E-state index is 9.60. The molecule has 0 aliphatic heterocycles. The van der Waals surface area contributed by atoms with Crippen molar-refractivity contribution in [1.82, 2.24) is 0 Å². The first-order valence-corrected chi connectivity index (χ1v) is 10.3. The van der Waals surface area contributed by atoms with Gasteiger partial charge in [0.05, 0.1) is 19.3 Å². The first-order chi connectivity index (χ1) is 12.6. The second-order valence-corrected chi connectivity index (χ2v) is 6.97. The zero-order chi connectivity index (χ0) is 19.6. The van der Waals surface area contributed by atoms with Gasteiger partial charge in [-0.15, -0.1) is 0 Å². The number of aliphatic hydroxyl groups is 3. The molecule has 0 aromatic heterocycles. The van der Waals surface area contributed by atoms with Crippen molar-refractivity contribution < 1.29 is 29.5 Å². The molecule has 0 saturated carbocycles. The first-order valence-electron chi connectivity index (χ1n) is 10.3. The van der Waals surface area contributed by atoms with Gasteiger partial charge in [0, 0.05) is 13.7 Å². The number of rotatable bonds is 19. The second kappa shape index (κ2) is 18.1. The molecule has 26 heavy (non-hydrogen) atoms. The molecule has 3 N–H and O–H groups in total. The predicted octanol–water partition coefficient (Wildman–Crippen LogP) is 3.02. The molecule has 0 saturated heterocycles. The SMILES string of the molecule is CCCCCCCCCCCCO[C@H](C)C(CO)O[C@H](OC)[C@H](O)CO. The van der Waals surface area contributed by atoms with Crippen molar-refractivity contribution in [2.75, 3.05) is 26.9 Å². The summed E-state index contributed by atoms with van der Waals surface area (Å²) in [7, 11) is 1.38. The van der Waals surface area contributed by atoms with E-state index < -0.39 is 25.1 Å². The third kappa shape index (κ3) is 13.0. The van der Waals surface area contributed by atoms with Crippen LogP contribution in [0.5, 0.6) is 0 Å². The van der Waals surface area contributed by atoms with Crippen molar-refractivity contribution in [3.8, 4) is 0 Å². The van der Waals surface area contributed by atoms with Crippen LogP contribution in [0.4, 0.5) is 0 Å². The van der Waals surface area contributed by atoms with Crippen LogP contribution in [0.2, 0.25) is 0 Å². The molecule has 0 rings (SSSR count). The van der Waals surface area contributed by atoms with Crippen LogP contribution in [0.15, 0.2) is 0 Å². The van der Waals surface area contributed by atoms with Crippen molar-refractivity contribution in [2.24, 2.45) is 0 Å². The van der Waals surface area contributed by atoms with E-state index >= 15 is 0 Å². The van der Waals surface area contributed by atoms with Gasteiger partial charge >= 0.3 is 0 Å². The van der Waals surface area contributed by atoms with Gasteiger partial charge in [0.1, 0.15) is 12.2 Å². The van der Waals surface area contributed by atoms with Gasteiger partial charge < -0.3 is 29.5 Å². The highest BCUT2D eigenvalue weighted by atomic mass is 16.7. The van der Waals surface area contributed by atoms with Crippen LogP contribution in [0.25, 0.3) is 0 Å². The molecular formula is C20H42O6. The number of hydrogen-bond acceptors (Lipinski definition) is 6. The van der Waals surface area contributed by atoms with Gasteiger partial charge in [-0.2, -0.15) is 0 Å². The van der Waals surface area contributed by atoms with Gasteiger partial charge in [-0.25, -0.2) is 0 Å². The zero-order valence-corrected chi connectivity index (χ0v) is 17.1. The third-order valence-electron chi connectivity index (χ3n) is 4.62. The molecule has 0 aromatic rings. The summed E-state index contributed by atoms with van der Waals surface area (Å²) in [5.74, 6) is 0. The van der Waals surface area contributed by atoms with Gasteiger partial charge in [-0.1, -0.05) is 64.7 Å². The quantitative estimate of drug-likeness (QED) is 0.236. The Bertz CT molecular complexity index is 289. The first kappa shape index (κ1) is 25.8. The molecule has 0 aromatic carbocycles.